The largest absolute Gasteiger partial charge is 0.508 e. The molecule has 1 aliphatic heterocycles. The van der Waals surface area contributed by atoms with Crippen LogP contribution in [-0.2, 0) is 4.79 Å². The van der Waals surface area contributed by atoms with E-state index >= 15 is 0 Å². The topological polar surface area (TPSA) is 104 Å². The molecule has 0 bridgehead atoms. The van der Waals surface area contributed by atoms with E-state index in [2.05, 4.69) is 0 Å². The highest BCUT2D eigenvalue weighted by atomic mass is 16.3. The van der Waals surface area contributed by atoms with E-state index in [4.69, 9.17) is 10.8 Å². The molecule has 1 aromatic rings. The molecule has 0 aliphatic carbocycles. The molecule has 1 aliphatic rings. The molecule has 0 aromatic heterocycles. The summed E-state index contributed by atoms with van der Waals surface area (Å²) in [6, 6.07) is 3.10. The monoisotopic (exact) mass is 250 g/mol. The Bertz CT molecular complexity index is 501. The lowest BCUT2D eigenvalue weighted by molar-refractivity contribution is -0.121. The molecule has 1 fully saturated rings. The zero-order valence-corrected chi connectivity index (χ0v) is 9.67. The number of nitrogens with two attached hydrogens (primary N) is 1. The van der Waals surface area contributed by atoms with E-state index < -0.39 is 17.9 Å². The molecule has 2 rings (SSSR count). The van der Waals surface area contributed by atoms with Crippen LogP contribution in [0.3, 0.4) is 0 Å². The number of hydrogen-bond acceptors (Lipinski definition) is 4. The first-order chi connectivity index (χ1) is 8.50. The van der Waals surface area contributed by atoms with Gasteiger partial charge in [-0.2, -0.15) is 0 Å². The molecule has 1 aromatic carbocycles. The van der Waals surface area contributed by atoms with Crippen molar-refractivity contribution >= 4 is 11.8 Å². The Kier molecular flexibility index (Phi) is 3.10. The summed E-state index contributed by atoms with van der Waals surface area (Å²) in [6.45, 7) is 0.437. The molecule has 0 spiro atoms. The van der Waals surface area contributed by atoms with E-state index in [1.807, 2.05) is 0 Å². The zero-order valence-electron chi connectivity index (χ0n) is 9.67. The predicted octanol–water partition coefficient (Wildman–Crippen LogP) is 0.188. The lowest BCUT2D eigenvalue weighted by atomic mass is 10.1. The molecule has 6 nitrogen and oxygen atoms in total. The lowest BCUT2D eigenvalue weighted by Gasteiger charge is -2.22. The van der Waals surface area contributed by atoms with Gasteiger partial charge in [-0.15, -0.1) is 0 Å². The molecule has 18 heavy (non-hydrogen) atoms. The summed E-state index contributed by atoms with van der Waals surface area (Å²) < 4.78 is 0. The van der Waals surface area contributed by atoms with E-state index in [0.29, 0.717) is 19.4 Å². The maximum Gasteiger partial charge on any atom is 0.258 e. The second-order valence-corrected chi connectivity index (χ2v) is 4.26. The SMILES string of the molecule is NC(=O)C1CCCN1C(=O)c1ccc(O)cc1O. The molecule has 1 unspecified atom stereocenters. The molecule has 6 heteroatoms. The van der Waals surface area contributed by atoms with Crippen molar-refractivity contribution in [2.45, 2.75) is 18.9 Å². The Morgan fingerprint density at radius 1 is 1.33 bits per heavy atom. The molecule has 1 heterocycles. The number of amides is 2. The highest BCUT2D eigenvalue weighted by Crippen LogP contribution is 2.27. The van der Waals surface area contributed by atoms with Crippen molar-refractivity contribution in [1.29, 1.82) is 0 Å². The fourth-order valence-electron chi connectivity index (χ4n) is 2.16. The van der Waals surface area contributed by atoms with Crippen LogP contribution in [0.25, 0.3) is 0 Å². The van der Waals surface area contributed by atoms with Gasteiger partial charge in [-0.25, -0.2) is 0 Å². The molecule has 0 saturated carbocycles. The van der Waals surface area contributed by atoms with Crippen molar-refractivity contribution in [3.8, 4) is 11.5 Å². The van der Waals surface area contributed by atoms with E-state index in [0.717, 1.165) is 6.07 Å². The first-order valence-electron chi connectivity index (χ1n) is 5.63. The van der Waals surface area contributed by atoms with Gasteiger partial charge in [0, 0.05) is 12.6 Å². The van der Waals surface area contributed by atoms with Crippen LogP contribution in [0.15, 0.2) is 18.2 Å². The third-order valence-corrected chi connectivity index (χ3v) is 3.05. The number of likely N-dealkylation sites (tertiary alicyclic amines) is 1. The highest BCUT2D eigenvalue weighted by Gasteiger charge is 2.34. The summed E-state index contributed by atoms with van der Waals surface area (Å²) in [5.74, 6) is -1.43. The molecule has 96 valence electrons. The second kappa shape index (κ2) is 4.56. The molecular weight excluding hydrogens is 236 g/mol. The Hall–Kier alpha value is -2.24. The van der Waals surface area contributed by atoms with Crippen LogP contribution >= 0.6 is 0 Å². The lowest BCUT2D eigenvalue weighted by Crippen LogP contribution is -2.43. The van der Waals surface area contributed by atoms with Gasteiger partial charge >= 0.3 is 0 Å². The van der Waals surface area contributed by atoms with Gasteiger partial charge < -0.3 is 20.8 Å². The van der Waals surface area contributed by atoms with Crippen molar-refractivity contribution < 1.29 is 19.8 Å². The molecule has 1 saturated heterocycles. The Balaban J connectivity index is 2.28. The van der Waals surface area contributed by atoms with Crippen molar-refractivity contribution in [1.82, 2.24) is 4.90 Å². The number of benzene rings is 1. The average Bonchev–Trinajstić information content (AvgIpc) is 2.77. The maximum absolute atomic E-state index is 12.2. The molecule has 0 radical (unpaired) electrons. The van der Waals surface area contributed by atoms with Crippen LogP contribution in [0.2, 0.25) is 0 Å². The van der Waals surface area contributed by atoms with E-state index in [-0.39, 0.29) is 17.1 Å². The fraction of sp³-hybridized carbons (Fsp3) is 0.333. The van der Waals surface area contributed by atoms with Gasteiger partial charge in [-0.05, 0) is 25.0 Å². The van der Waals surface area contributed by atoms with Crippen LogP contribution in [0.4, 0.5) is 0 Å². The first-order valence-corrected chi connectivity index (χ1v) is 5.63. The number of rotatable bonds is 2. The summed E-state index contributed by atoms with van der Waals surface area (Å²) in [5, 5.41) is 18.8. The van der Waals surface area contributed by atoms with Crippen LogP contribution < -0.4 is 5.73 Å². The van der Waals surface area contributed by atoms with Crippen LogP contribution in [0.1, 0.15) is 23.2 Å². The molecule has 1 atom stereocenters. The number of hydrogen-bond donors (Lipinski definition) is 3. The van der Waals surface area contributed by atoms with Crippen molar-refractivity contribution in [3.05, 3.63) is 23.8 Å². The summed E-state index contributed by atoms with van der Waals surface area (Å²) in [6.07, 6.45) is 1.25. The summed E-state index contributed by atoms with van der Waals surface area (Å²) in [7, 11) is 0. The number of phenols is 2. The average molecular weight is 250 g/mol. The number of primary amides is 1. The van der Waals surface area contributed by atoms with Gasteiger partial charge in [0.1, 0.15) is 17.5 Å². The van der Waals surface area contributed by atoms with Gasteiger partial charge in [-0.1, -0.05) is 0 Å². The number of nitrogens with zero attached hydrogens (tertiary/aromatic N) is 1. The molecular formula is C12H14N2O4. The Labute approximate surface area is 104 Å². The Morgan fingerprint density at radius 3 is 2.67 bits per heavy atom. The van der Waals surface area contributed by atoms with Crippen LogP contribution in [0, 0.1) is 0 Å². The minimum Gasteiger partial charge on any atom is -0.508 e. The van der Waals surface area contributed by atoms with Crippen LogP contribution in [0.5, 0.6) is 11.5 Å². The standard InChI is InChI=1S/C12H14N2O4/c13-11(17)9-2-1-5-14(9)12(18)8-4-3-7(15)6-10(8)16/h3-4,6,9,15-16H,1-2,5H2,(H2,13,17). The summed E-state index contributed by atoms with van der Waals surface area (Å²) >= 11 is 0. The third-order valence-electron chi connectivity index (χ3n) is 3.05. The van der Waals surface area contributed by atoms with E-state index in [1.165, 1.54) is 17.0 Å². The number of carbonyl (C=O) groups excluding carboxylic acids is 2. The zero-order chi connectivity index (χ0) is 13.3. The quantitative estimate of drug-likeness (QED) is 0.696. The van der Waals surface area contributed by atoms with Crippen LogP contribution in [-0.4, -0.2) is 39.5 Å². The number of phenolic OH excluding ortho intramolecular Hbond substituents is 2. The van der Waals surface area contributed by atoms with Gasteiger partial charge in [0.05, 0.1) is 5.56 Å². The van der Waals surface area contributed by atoms with E-state index in [1.54, 1.807) is 0 Å². The molecule has 4 N–H and O–H groups in total. The summed E-state index contributed by atoms with van der Waals surface area (Å²) in [4.78, 5) is 24.7. The minimum atomic E-state index is -0.620. The Morgan fingerprint density at radius 2 is 2.06 bits per heavy atom. The fourth-order valence-corrected chi connectivity index (χ4v) is 2.16. The normalized spacial score (nSPS) is 18.9. The number of aromatic hydroxyl groups is 2. The second-order valence-electron chi connectivity index (χ2n) is 4.26. The van der Waals surface area contributed by atoms with Crippen molar-refractivity contribution in [3.63, 3.8) is 0 Å². The first kappa shape index (κ1) is 12.2. The maximum atomic E-state index is 12.2. The van der Waals surface area contributed by atoms with Gasteiger partial charge in [0.25, 0.3) is 5.91 Å². The van der Waals surface area contributed by atoms with Gasteiger partial charge in [0.2, 0.25) is 5.91 Å². The van der Waals surface area contributed by atoms with E-state index in [9.17, 15) is 14.7 Å². The molecule has 2 amide bonds. The smallest absolute Gasteiger partial charge is 0.258 e. The third kappa shape index (κ3) is 2.09. The van der Waals surface area contributed by atoms with Crippen molar-refractivity contribution in [2.24, 2.45) is 5.73 Å². The predicted molar refractivity (Wildman–Crippen MR) is 63.0 cm³/mol. The van der Waals surface area contributed by atoms with Crippen molar-refractivity contribution in [2.75, 3.05) is 6.54 Å². The highest BCUT2D eigenvalue weighted by molar-refractivity contribution is 5.99. The summed E-state index contributed by atoms with van der Waals surface area (Å²) in [5.41, 5.74) is 5.29. The van der Waals surface area contributed by atoms with Gasteiger partial charge in [0.15, 0.2) is 0 Å². The number of carbonyl (C=O) groups is 2. The van der Waals surface area contributed by atoms with Gasteiger partial charge in [-0.3, -0.25) is 9.59 Å². The minimum absolute atomic E-state index is 0.0564.